The predicted octanol–water partition coefficient (Wildman–Crippen LogP) is 1.11. The average Bonchev–Trinajstić information content (AvgIpc) is 2.32. The van der Waals surface area contributed by atoms with E-state index in [9.17, 15) is 9.90 Å². The minimum atomic E-state index is -0.821. The number of benzene rings is 1. The van der Waals surface area contributed by atoms with Crippen LogP contribution in [0.25, 0.3) is 0 Å². The van der Waals surface area contributed by atoms with Crippen LogP contribution in [0.3, 0.4) is 0 Å². The van der Waals surface area contributed by atoms with Crippen LogP contribution in [0.5, 0.6) is 0 Å². The number of primary amides is 1. The zero-order chi connectivity index (χ0) is 13.2. The summed E-state index contributed by atoms with van der Waals surface area (Å²) in [5.41, 5.74) is 5.22. The lowest BCUT2D eigenvalue weighted by atomic mass is 9.84. The van der Waals surface area contributed by atoms with Gasteiger partial charge in [-0.1, -0.05) is 23.7 Å². The van der Waals surface area contributed by atoms with Crippen molar-refractivity contribution in [3.63, 3.8) is 0 Å². The summed E-state index contributed by atoms with van der Waals surface area (Å²) in [6, 6.07) is 7.27. The van der Waals surface area contributed by atoms with Crippen molar-refractivity contribution >= 4 is 17.5 Å². The molecule has 1 aliphatic rings. The molecule has 1 heterocycles. The second-order valence-corrected chi connectivity index (χ2v) is 5.22. The van der Waals surface area contributed by atoms with Crippen LogP contribution < -0.4 is 5.73 Å². The molecule has 0 aromatic heterocycles. The van der Waals surface area contributed by atoms with E-state index in [0.717, 1.165) is 5.56 Å². The normalized spacial score (nSPS) is 19.7. The van der Waals surface area contributed by atoms with Crippen LogP contribution >= 0.6 is 11.6 Å². The SMILES string of the molecule is NC(=O)CN1CCC(O)(c2ccc(Cl)cc2)CC1. The quantitative estimate of drug-likeness (QED) is 0.863. The monoisotopic (exact) mass is 268 g/mol. The van der Waals surface area contributed by atoms with E-state index >= 15 is 0 Å². The number of rotatable bonds is 3. The fraction of sp³-hybridized carbons (Fsp3) is 0.462. The number of carbonyl (C=O) groups is 1. The highest BCUT2D eigenvalue weighted by Gasteiger charge is 2.34. The Morgan fingerprint density at radius 2 is 1.89 bits per heavy atom. The molecule has 3 N–H and O–H groups in total. The van der Waals surface area contributed by atoms with Gasteiger partial charge in [0.25, 0.3) is 0 Å². The van der Waals surface area contributed by atoms with Crippen LogP contribution in [0.1, 0.15) is 18.4 Å². The Kier molecular flexibility index (Phi) is 3.90. The van der Waals surface area contributed by atoms with Crippen LogP contribution in [0.2, 0.25) is 5.02 Å². The topological polar surface area (TPSA) is 66.6 Å². The van der Waals surface area contributed by atoms with Gasteiger partial charge in [-0.3, -0.25) is 9.69 Å². The van der Waals surface area contributed by atoms with Gasteiger partial charge in [0.2, 0.25) is 5.91 Å². The number of halogens is 1. The van der Waals surface area contributed by atoms with Crippen molar-refractivity contribution in [2.24, 2.45) is 5.73 Å². The molecule has 1 saturated heterocycles. The van der Waals surface area contributed by atoms with E-state index in [0.29, 0.717) is 31.0 Å². The Morgan fingerprint density at radius 3 is 2.39 bits per heavy atom. The molecule has 4 nitrogen and oxygen atoms in total. The molecule has 1 fully saturated rings. The van der Waals surface area contributed by atoms with Gasteiger partial charge in [-0.2, -0.15) is 0 Å². The van der Waals surface area contributed by atoms with Gasteiger partial charge < -0.3 is 10.8 Å². The fourth-order valence-electron chi connectivity index (χ4n) is 2.35. The lowest BCUT2D eigenvalue weighted by Gasteiger charge is -2.38. The zero-order valence-corrected chi connectivity index (χ0v) is 10.9. The molecule has 0 unspecified atom stereocenters. The van der Waals surface area contributed by atoms with Crippen LogP contribution in [-0.4, -0.2) is 35.5 Å². The number of nitrogens with zero attached hydrogens (tertiary/aromatic N) is 1. The van der Waals surface area contributed by atoms with Crippen molar-refractivity contribution in [3.8, 4) is 0 Å². The Hall–Kier alpha value is -1.10. The summed E-state index contributed by atoms with van der Waals surface area (Å²) in [6.45, 7) is 1.60. The van der Waals surface area contributed by atoms with E-state index in [1.807, 2.05) is 17.0 Å². The molecule has 1 amide bonds. The van der Waals surface area contributed by atoms with Crippen molar-refractivity contribution in [1.29, 1.82) is 0 Å². The highest BCUT2D eigenvalue weighted by molar-refractivity contribution is 6.30. The van der Waals surface area contributed by atoms with E-state index in [4.69, 9.17) is 17.3 Å². The second kappa shape index (κ2) is 5.26. The van der Waals surface area contributed by atoms with Crippen LogP contribution in [0.15, 0.2) is 24.3 Å². The van der Waals surface area contributed by atoms with Crippen molar-refractivity contribution in [3.05, 3.63) is 34.9 Å². The van der Waals surface area contributed by atoms with Gasteiger partial charge in [0.15, 0.2) is 0 Å². The molecule has 1 aromatic carbocycles. The third-order valence-electron chi connectivity index (χ3n) is 3.44. The van der Waals surface area contributed by atoms with Crippen LogP contribution in [0.4, 0.5) is 0 Å². The maximum atomic E-state index is 10.8. The molecule has 0 atom stereocenters. The van der Waals surface area contributed by atoms with Crippen molar-refractivity contribution in [1.82, 2.24) is 4.90 Å². The van der Waals surface area contributed by atoms with Gasteiger partial charge in [-0.25, -0.2) is 0 Å². The van der Waals surface area contributed by atoms with E-state index in [-0.39, 0.29) is 12.5 Å². The van der Waals surface area contributed by atoms with E-state index in [1.165, 1.54) is 0 Å². The van der Waals surface area contributed by atoms with Gasteiger partial charge in [-0.15, -0.1) is 0 Å². The number of aliphatic hydroxyl groups is 1. The summed E-state index contributed by atoms with van der Waals surface area (Å²) in [6.07, 6.45) is 1.20. The first-order valence-electron chi connectivity index (χ1n) is 5.99. The molecule has 5 heteroatoms. The van der Waals surface area contributed by atoms with E-state index < -0.39 is 5.60 Å². The minimum absolute atomic E-state index is 0.261. The lowest BCUT2D eigenvalue weighted by molar-refractivity contribution is -0.120. The average molecular weight is 269 g/mol. The first-order valence-corrected chi connectivity index (χ1v) is 6.36. The molecule has 1 aliphatic heterocycles. The largest absolute Gasteiger partial charge is 0.385 e. The lowest BCUT2D eigenvalue weighted by Crippen LogP contribution is -2.45. The number of likely N-dealkylation sites (tertiary alicyclic amines) is 1. The molecular weight excluding hydrogens is 252 g/mol. The standard InChI is InChI=1S/C13H17ClN2O2/c14-11-3-1-10(2-4-11)13(18)5-7-16(8-6-13)9-12(15)17/h1-4,18H,5-9H2,(H2,15,17). The summed E-state index contributed by atoms with van der Waals surface area (Å²) in [5.74, 6) is -0.327. The molecule has 1 aromatic rings. The number of carbonyl (C=O) groups excluding carboxylic acids is 1. The summed E-state index contributed by atoms with van der Waals surface area (Å²) in [7, 11) is 0. The third-order valence-corrected chi connectivity index (χ3v) is 3.70. The molecule has 0 spiro atoms. The van der Waals surface area contributed by atoms with Crippen LogP contribution in [0, 0.1) is 0 Å². The third kappa shape index (κ3) is 3.02. The van der Waals surface area contributed by atoms with Crippen LogP contribution in [-0.2, 0) is 10.4 Å². The highest BCUT2D eigenvalue weighted by atomic mass is 35.5. The Labute approximate surface area is 111 Å². The Bertz CT molecular complexity index is 425. The van der Waals surface area contributed by atoms with E-state index in [1.54, 1.807) is 12.1 Å². The molecule has 0 saturated carbocycles. The summed E-state index contributed by atoms with van der Waals surface area (Å²) in [4.78, 5) is 12.8. The molecule has 0 aliphatic carbocycles. The fourth-order valence-corrected chi connectivity index (χ4v) is 2.48. The second-order valence-electron chi connectivity index (χ2n) is 4.78. The summed E-state index contributed by atoms with van der Waals surface area (Å²) < 4.78 is 0. The molecular formula is C13H17ClN2O2. The number of amides is 1. The summed E-state index contributed by atoms with van der Waals surface area (Å²) >= 11 is 5.84. The maximum absolute atomic E-state index is 10.8. The Balaban J connectivity index is 2.02. The predicted molar refractivity (Wildman–Crippen MR) is 70.2 cm³/mol. The Morgan fingerprint density at radius 1 is 1.33 bits per heavy atom. The number of hydrogen-bond donors (Lipinski definition) is 2. The van der Waals surface area contributed by atoms with Gasteiger partial charge in [-0.05, 0) is 30.5 Å². The molecule has 2 rings (SSSR count). The molecule has 0 radical (unpaired) electrons. The van der Waals surface area contributed by atoms with Crippen molar-refractivity contribution in [2.45, 2.75) is 18.4 Å². The van der Waals surface area contributed by atoms with Gasteiger partial charge in [0.1, 0.15) is 0 Å². The smallest absolute Gasteiger partial charge is 0.231 e. The van der Waals surface area contributed by atoms with Crippen molar-refractivity contribution < 1.29 is 9.90 Å². The number of nitrogens with two attached hydrogens (primary N) is 1. The first kappa shape index (κ1) is 13.3. The molecule has 18 heavy (non-hydrogen) atoms. The summed E-state index contributed by atoms with van der Waals surface area (Å²) in [5, 5.41) is 11.3. The maximum Gasteiger partial charge on any atom is 0.231 e. The number of hydrogen-bond acceptors (Lipinski definition) is 3. The van der Waals surface area contributed by atoms with Gasteiger partial charge in [0.05, 0.1) is 12.1 Å². The zero-order valence-electron chi connectivity index (χ0n) is 10.1. The molecule has 0 bridgehead atoms. The first-order chi connectivity index (χ1) is 8.49. The highest BCUT2D eigenvalue weighted by Crippen LogP contribution is 2.33. The minimum Gasteiger partial charge on any atom is -0.385 e. The van der Waals surface area contributed by atoms with E-state index in [2.05, 4.69) is 0 Å². The van der Waals surface area contributed by atoms with Gasteiger partial charge >= 0.3 is 0 Å². The van der Waals surface area contributed by atoms with Crippen molar-refractivity contribution in [2.75, 3.05) is 19.6 Å². The molecule has 98 valence electrons. The number of piperidine rings is 1. The van der Waals surface area contributed by atoms with Gasteiger partial charge in [0, 0.05) is 18.1 Å².